The number of non-ortho nitro benzene ring substituents is 1. The molecule has 3 aromatic carbocycles. The molecule has 3 rings (SSSR count). The van der Waals surface area contributed by atoms with E-state index in [1.807, 2.05) is 6.07 Å². The summed E-state index contributed by atoms with van der Waals surface area (Å²) in [5.74, 6) is -0.746. The summed E-state index contributed by atoms with van der Waals surface area (Å²) in [5, 5.41) is 18.9. The molecular formula is C21H18N4O6S. The molecule has 0 aromatic heterocycles. The van der Waals surface area contributed by atoms with Crippen LogP contribution in [0.4, 0.5) is 27.5 Å². The van der Waals surface area contributed by atoms with Crippen molar-refractivity contribution in [3.05, 3.63) is 88.5 Å². The Bertz CT molecular complexity index is 1290. The van der Waals surface area contributed by atoms with E-state index < -0.39 is 32.4 Å². The van der Waals surface area contributed by atoms with Gasteiger partial charge in [0.1, 0.15) is 0 Å². The molecule has 10 nitrogen and oxygen atoms in total. The van der Waals surface area contributed by atoms with E-state index >= 15 is 0 Å². The summed E-state index contributed by atoms with van der Waals surface area (Å²) < 4.78 is 23.6. The molecule has 0 bridgehead atoms. The standard InChI is InChI=1S/C21H18N4O6S/c1-32(30,31)19-11-14(10-18(13-19)25(28)29)20(26)22-16-8-5-9-17(12-16)24-21(27)23-15-6-3-2-4-7-15/h2-13H,1H3,(H,22,26)(H2,23,24,27). The number of urea groups is 1. The number of carbonyl (C=O) groups excluding carboxylic acids is 2. The minimum atomic E-state index is -3.77. The van der Waals surface area contributed by atoms with Crippen LogP contribution in [0.3, 0.4) is 0 Å². The van der Waals surface area contributed by atoms with E-state index in [9.17, 15) is 28.1 Å². The lowest BCUT2D eigenvalue weighted by Gasteiger charge is -2.10. The fourth-order valence-electron chi connectivity index (χ4n) is 2.73. The molecule has 3 N–H and O–H groups in total. The average Bonchev–Trinajstić information content (AvgIpc) is 2.73. The van der Waals surface area contributed by atoms with E-state index in [1.165, 1.54) is 6.07 Å². The van der Waals surface area contributed by atoms with E-state index in [4.69, 9.17) is 0 Å². The molecule has 0 aliphatic rings. The largest absolute Gasteiger partial charge is 0.323 e. The third-order valence-electron chi connectivity index (χ3n) is 4.20. The molecule has 3 aromatic rings. The molecule has 0 aliphatic heterocycles. The van der Waals surface area contributed by atoms with Crippen molar-refractivity contribution in [1.29, 1.82) is 0 Å². The third-order valence-corrected chi connectivity index (χ3v) is 5.29. The Morgan fingerprint density at radius 3 is 2.03 bits per heavy atom. The van der Waals surface area contributed by atoms with Crippen molar-refractivity contribution < 1.29 is 22.9 Å². The summed E-state index contributed by atoms with van der Waals surface area (Å²) in [7, 11) is -3.77. The average molecular weight is 454 g/mol. The normalized spacial score (nSPS) is 10.8. The first kappa shape index (κ1) is 22.4. The quantitative estimate of drug-likeness (QED) is 0.380. The molecule has 11 heteroatoms. The van der Waals surface area contributed by atoms with Crippen LogP contribution in [0.5, 0.6) is 0 Å². The summed E-state index contributed by atoms with van der Waals surface area (Å²) in [4.78, 5) is 34.8. The van der Waals surface area contributed by atoms with E-state index in [-0.39, 0.29) is 10.5 Å². The van der Waals surface area contributed by atoms with Gasteiger partial charge in [-0.05, 0) is 36.4 Å². The third kappa shape index (κ3) is 5.89. The van der Waals surface area contributed by atoms with Gasteiger partial charge in [0.05, 0.1) is 9.82 Å². The second kappa shape index (κ2) is 9.27. The molecule has 0 aliphatic carbocycles. The Kier molecular flexibility index (Phi) is 6.50. The molecule has 0 saturated carbocycles. The van der Waals surface area contributed by atoms with Crippen molar-refractivity contribution >= 4 is 44.5 Å². The summed E-state index contributed by atoms with van der Waals surface area (Å²) in [6.07, 6.45) is 0.892. The number of benzene rings is 3. The number of carbonyl (C=O) groups is 2. The molecule has 0 saturated heterocycles. The van der Waals surface area contributed by atoms with Crippen LogP contribution in [0.2, 0.25) is 0 Å². The number of nitrogens with one attached hydrogen (secondary N) is 3. The first-order valence-electron chi connectivity index (χ1n) is 9.16. The van der Waals surface area contributed by atoms with Crippen molar-refractivity contribution in [3.63, 3.8) is 0 Å². The topological polar surface area (TPSA) is 148 Å². The lowest BCUT2D eigenvalue weighted by atomic mass is 10.2. The van der Waals surface area contributed by atoms with Crippen LogP contribution in [-0.2, 0) is 9.84 Å². The minimum absolute atomic E-state index is 0.195. The van der Waals surface area contributed by atoms with Gasteiger partial charge in [-0.3, -0.25) is 14.9 Å². The van der Waals surface area contributed by atoms with Crippen LogP contribution in [0.15, 0.2) is 77.7 Å². The van der Waals surface area contributed by atoms with Gasteiger partial charge in [0.2, 0.25) is 0 Å². The number of hydrogen-bond donors (Lipinski definition) is 3. The van der Waals surface area contributed by atoms with E-state index in [2.05, 4.69) is 16.0 Å². The van der Waals surface area contributed by atoms with Crippen LogP contribution in [0.25, 0.3) is 0 Å². The van der Waals surface area contributed by atoms with Crippen molar-refractivity contribution in [2.75, 3.05) is 22.2 Å². The van der Waals surface area contributed by atoms with Crippen molar-refractivity contribution in [1.82, 2.24) is 0 Å². The van der Waals surface area contributed by atoms with Gasteiger partial charge in [-0.2, -0.15) is 0 Å². The second-order valence-corrected chi connectivity index (χ2v) is 8.74. The first-order chi connectivity index (χ1) is 15.1. The van der Waals surface area contributed by atoms with E-state index in [1.54, 1.807) is 42.5 Å². The number of nitro groups is 1. The number of nitrogens with zero attached hydrogens (tertiary/aromatic N) is 1. The maximum atomic E-state index is 12.6. The number of para-hydroxylation sites is 1. The SMILES string of the molecule is CS(=O)(=O)c1cc(C(=O)Nc2cccc(NC(=O)Nc3ccccc3)c2)cc([N+](=O)[O-])c1. The Hall–Kier alpha value is -4.25. The molecule has 0 heterocycles. The minimum Gasteiger partial charge on any atom is -0.322 e. The van der Waals surface area contributed by atoms with Crippen molar-refractivity contribution in [2.45, 2.75) is 4.90 Å². The molecule has 0 unspecified atom stereocenters. The second-order valence-electron chi connectivity index (χ2n) is 6.72. The molecule has 0 fully saturated rings. The Morgan fingerprint density at radius 2 is 1.41 bits per heavy atom. The van der Waals surface area contributed by atoms with Gasteiger partial charge in [-0.15, -0.1) is 0 Å². The highest BCUT2D eigenvalue weighted by molar-refractivity contribution is 7.90. The number of sulfone groups is 1. The summed E-state index contributed by atoms with van der Waals surface area (Å²) in [5.41, 5.74) is 0.555. The summed E-state index contributed by atoms with van der Waals surface area (Å²) in [6.45, 7) is 0. The molecule has 0 spiro atoms. The molecule has 0 radical (unpaired) electrons. The van der Waals surface area contributed by atoms with Crippen molar-refractivity contribution in [3.8, 4) is 0 Å². The van der Waals surface area contributed by atoms with Gasteiger partial charge in [-0.1, -0.05) is 24.3 Å². The van der Waals surface area contributed by atoms with Gasteiger partial charge in [0, 0.05) is 41.0 Å². The van der Waals surface area contributed by atoms with E-state index in [0.29, 0.717) is 17.1 Å². The van der Waals surface area contributed by atoms with Gasteiger partial charge in [0.25, 0.3) is 11.6 Å². The number of rotatable bonds is 6. The number of hydrogen-bond acceptors (Lipinski definition) is 6. The van der Waals surface area contributed by atoms with Crippen LogP contribution in [0, 0.1) is 10.1 Å². The highest BCUT2D eigenvalue weighted by Gasteiger charge is 2.19. The maximum Gasteiger partial charge on any atom is 0.323 e. The highest BCUT2D eigenvalue weighted by Crippen LogP contribution is 2.23. The van der Waals surface area contributed by atoms with Gasteiger partial charge >= 0.3 is 6.03 Å². The molecule has 164 valence electrons. The molecule has 3 amide bonds. The zero-order valence-electron chi connectivity index (χ0n) is 16.7. The molecule has 32 heavy (non-hydrogen) atoms. The first-order valence-corrected chi connectivity index (χ1v) is 11.0. The number of amides is 3. The molecular weight excluding hydrogens is 436 g/mol. The summed E-state index contributed by atoms with van der Waals surface area (Å²) >= 11 is 0. The van der Waals surface area contributed by atoms with E-state index in [0.717, 1.165) is 24.5 Å². The van der Waals surface area contributed by atoms with Crippen LogP contribution in [0.1, 0.15) is 10.4 Å². The van der Waals surface area contributed by atoms with Crippen molar-refractivity contribution in [2.24, 2.45) is 0 Å². The Labute approximate surface area is 183 Å². The number of anilines is 3. The highest BCUT2D eigenvalue weighted by atomic mass is 32.2. The monoisotopic (exact) mass is 454 g/mol. The Balaban J connectivity index is 1.76. The molecule has 0 atom stereocenters. The van der Waals surface area contributed by atoms with Gasteiger partial charge in [-0.25, -0.2) is 13.2 Å². The van der Waals surface area contributed by atoms with Crippen LogP contribution >= 0.6 is 0 Å². The lowest BCUT2D eigenvalue weighted by Crippen LogP contribution is -2.19. The fraction of sp³-hybridized carbons (Fsp3) is 0.0476. The number of nitro benzene ring substituents is 1. The van der Waals surface area contributed by atoms with Gasteiger partial charge < -0.3 is 16.0 Å². The predicted molar refractivity (Wildman–Crippen MR) is 120 cm³/mol. The van der Waals surface area contributed by atoms with Gasteiger partial charge in [0.15, 0.2) is 9.84 Å². The smallest absolute Gasteiger partial charge is 0.322 e. The summed E-state index contributed by atoms with van der Waals surface area (Å²) in [6, 6.07) is 17.5. The maximum absolute atomic E-state index is 12.6. The van der Waals surface area contributed by atoms with Crippen LogP contribution in [-0.4, -0.2) is 31.5 Å². The zero-order valence-corrected chi connectivity index (χ0v) is 17.5. The predicted octanol–water partition coefficient (Wildman–Crippen LogP) is 3.89. The lowest BCUT2D eigenvalue weighted by molar-refractivity contribution is -0.385. The zero-order chi connectivity index (χ0) is 23.3. The Morgan fingerprint density at radius 1 is 0.812 bits per heavy atom. The van der Waals surface area contributed by atoms with Crippen LogP contribution < -0.4 is 16.0 Å². The fourth-order valence-corrected chi connectivity index (χ4v) is 3.40.